The van der Waals surface area contributed by atoms with Crippen molar-refractivity contribution in [2.24, 2.45) is 0 Å². The Hall–Kier alpha value is -1.62. The van der Waals surface area contributed by atoms with E-state index in [0.29, 0.717) is 6.61 Å². The molecule has 1 N–H and O–H groups in total. The first-order chi connectivity index (χ1) is 7.19. The van der Waals surface area contributed by atoms with Crippen LogP contribution >= 0.6 is 0 Å². The van der Waals surface area contributed by atoms with E-state index >= 15 is 0 Å². The molecule has 0 aromatic heterocycles. The quantitative estimate of drug-likeness (QED) is 0.597. The van der Waals surface area contributed by atoms with Gasteiger partial charge in [-0.25, -0.2) is 0 Å². The minimum Gasteiger partial charge on any atom is -0.385 e. The fraction of sp³-hybridized carbons (Fsp3) is 0.400. The topological polar surface area (TPSA) is 64.4 Å². The summed E-state index contributed by atoms with van der Waals surface area (Å²) in [6.45, 7) is 3.11. The summed E-state index contributed by atoms with van der Waals surface area (Å²) in [6.07, 6.45) is 0. The van der Waals surface area contributed by atoms with Gasteiger partial charge in [-0.1, -0.05) is 0 Å². The fourth-order valence-corrected chi connectivity index (χ4v) is 1.33. The van der Waals surface area contributed by atoms with Gasteiger partial charge in [-0.2, -0.15) is 0 Å². The zero-order valence-corrected chi connectivity index (χ0v) is 8.82. The molecule has 0 amide bonds. The Morgan fingerprint density at radius 3 is 2.80 bits per heavy atom. The first kappa shape index (κ1) is 11.5. The maximum absolute atomic E-state index is 10.6. The molecule has 0 spiro atoms. The van der Waals surface area contributed by atoms with Gasteiger partial charge in [0.2, 0.25) is 0 Å². The van der Waals surface area contributed by atoms with Crippen LogP contribution in [-0.4, -0.2) is 18.6 Å². The van der Waals surface area contributed by atoms with Crippen LogP contribution in [0.3, 0.4) is 0 Å². The Bertz CT molecular complexity index is 353. The minimum atomic E-state index is -0.408. The molecule has 82 valence electrons. The van der Waals surface area contributed by atoms with Gasteiger partial charge >= 0.3 is 0 Å². The van der Waals surface area contributed by atoms with Crippen molar-refractivity contribution in [3.63, 3.8) is 0 Å². The van der Waals surface area contributed by atoms with Gasteiger partial charge in [0.1, 0.15) is 0 Å². The van der Waals surface area contributed by atoms with Gasteiger partial charge in [0, 0.05) is 37.0 Å². The number of rotatable bonds is 5. The summed E-state index contributed by atoms with van der Waals surface area (Å²) in [6, 6.07) is 4.72. The second-order valence-electron chi connectivity index (χ2n) is 3.06. The van der Waals surface area contributed by atoms with Crippen molar-refractivity contribution in [1.29, 1.82) is 0 Å². The molecule has 15 heavy (non-hydrogen) atoms. The summed E-state index contributed by atoms with van der Waals surface area (Å²) in [7, 11) is 1.56. The molecule has 0 saturated carbocycles. The monoisotopic (exact) mass is 210 g/mol. The first-order valence-corrected chi connectivity index (χ1v) is 4.69. The maximum Gasteiger partial charge on any atom is 0.269 e. The summed E-state index contributed by atoms with van der Waals surface area (Å²) in [5, 5.41) is 13.7. The first-order valence-electron chi connectivity index (χ1n) is 4.69. The molecular formula is C10H14N2O3. The van der Waals surface area contributed by atoms with Crippen molar-refractivity contribution in [3.05, 3.63) is 33.9 Å². The number of benzene rings is 1. The smallest absolute Gasteiger partial charge is 0.269 e. The largest absolute Gasteiger partial charge is 0.385 e. The number of nitrogens with zero attached hydrogens (tertiary/aromatic N) is 1. The highest BCUT2D eigenvalue weighted by Crippen LogP contribution is 2.22. The van der Waals surface area contributed by atoms with Crippen molar-refractivity contribution in [3.8, 4) is 0 Å². The lowest BCUT2D eigenvalue weighted by atomic mass is 10.1. The number of anilines is 1. The van der Waals surface area contributed by atoms with Crippen LogP contribution < -0.4 is 5.32 Å². The van der Waals surface area contributed by atoms with Crippen LogP contribution in [0.15, 0.2) is 18.2 Å². The Balaban J connectivity index is 3.02. The summed E-state index contributed by atoms with van der Waals surface area (Å²) in [4.78, 5) is 10.2. The van der Waals surface area contributed by atoms with Crippen LogP contribution in [0.25, 0.3) is 0 Å². The molecule has 1 aromatic rings. The molecule has 1 aromatic carbocycles. The number of methoxy groups -OCH3 is 1. The standard InChI is InChI=1S/C10H14N2O3/c1-3-11-10-5-4-9(12(13)14)6-8(10)7-15-2/h4-6,11H,3,7H2,1-2H3. The van der Waals surface area contributed by atoms with Crippen LogP contribution in [0.2, 0.25) is 0 Å². The third-order valence-electron chi connectivity index (χ3n) is 1.97. The van der Waals surface area contributed by atoms with E-state index in [-0.39, 0.29) is 5.69 Å². The number of hydrogen-bond acceptors (Lipinski definition) is 4. The number of nitro benzene ring substituents is 1. The van der Waals surface area contributed by atoms with Gasteiger partial charge in [0.15, 0.2) is 0 Å². The van der Waals surface area contributed by atoms with Crippen LogP contribution in [-0.2, 0) is 11.3 Å². The van der Waals surface area contributed by atoms with E-state index in [1.807, 2.05) is 6.92 Å². The Morgan fingerprint density at radius 1 is 1.53 bits per heavy atom. The molecule has 0 saturated heterocycles. The molecule has 0 heterocycles. The molecule has 5 heteroatoms. The molecule has 0 aliphatic heterocycles. The van der Waals surface area contributed by atoms with Crippen LogP contribution in [0.4, 0.5) is 11.4 Å². The molecule has 0 unspecified atom stereocenters. The highest BCUT2D eigenvalue weighted by atomic mass is 16.6. The third-order valence-corrected chi connectivity index (χ3v) is 1.97. The van der Waals surface area contributed by atoms with Crippen molar-refractivity contribution < 1.29 is 9.66 Å². The number of hydrogen-bond donors (Lipinski definition) is 1. The normalized spacial score (nSPS) is 10.0. The van der Waals surface area contributed by atoms with E-state index in [1.54, 1.807) is 13.2 Å². The van der Waals surface area contributed by atoms with Crippen LogP contribution in [0.5, 0.6) is 0 Å². The number of non-ortho nitro benzene ring substituents is 1. The van der Waals surface area contributed by atoms with E-state index < -0.39 is 4.92 Å². The maximum atomic E-state index is 10.6. The van der Waals surface area contributed by atoms with Gasteiger partial charge in [0.05, 0.1) is 11.5 Å². The highest BCUT2D eigenvalue weighted by molar-refractivity contribution is 5.55. The number of nitrogens with one attached hydrogen (secondary N) is 1. The van der Waals surface area contributed by atoms with Gasteiger partial charge in [0.25, 0.3) is 5.69 Å². The van der Waals surface area contributed by atoms with Crippen LogP contribution in [0, 0.1) is 10.1 Å². The van der Waals surface area contributed by atoms with E-state index in [0.717, 1.165) is 17.8 Å². The molecular weight excluding hydrogens is 196 g/mol. The van der Waals surface area contributed by atoms with E-state index in [2.05, 4.69) is 5.32 Å². The van der Waals surface area contributed by atoms with Crippen molar-refractivity contribution >= 4 is 11.4 Å². The molecule has 0 radical (unpaired) electrons. The Labute approximate surface area is 88.2 Å². The Kier molecular flexibility index (Phi) is 4.05. The summed E-state index contributed by atoms with van der Waals surface area (Å²) in [5.41, 5.74) is 1.77. The predicted octanol–water partition coefficient (Wildman–Crippen LogP) is 2.17. The van der Waals surface area contributed by atoms with E-state index in [1.165, 1.54) is 12.1 Å². The summed E-state index contributed by atoms with van der Waals surface area (Å²) < 4.78 is 4.99. The molecule has 0 atom stereocenters. The average Bonchev–Trinajstić information content (AvgIpc) is 2.21. The average molecular weight is 210 g/mol. The zero-order valence-electron chi connectivity index (χ0n) is 8.82. The predicted molar refractivity (Wildman–Crippen MR) is 58.0 cm³/mol. The number of nitro groups is 1. The second-order valence-corrected chi connectivity index (χ2v) is 3.06. The van der Waals surface area contributed by atoms with E-state index in [4.69, 9.17) is 4.74 Å². The molecule has 1 rings (SSSR count). The molecule has 0 fully saturated rings. The molecule has 0 aliphatic carbocycles. The lowest BCUT2D eigenvalue weighted by molar-refractivity contribution is -0.384. The van der Waals surface area contributed by atoms with Crippen molar-refractivity contribution in [2.75, 3.05) is 19.0 Å². The third kappa shape index (κ3) is 2.92. The zero-order chi connectivity index (χ0) is 11.3. The minimum absolute atomic E-state index is 0.0868. The van der Waals surface area contributed by atoms with Gasteiger partial charge in [-0.3, -0.25) is 10.1 Å². The SMILES string of the molecule is CCNc1ccc([N+](=O)[O-])cc1COC. The summed E-state index contributed by atoms with van der Waals surface area (Å²) >= 11 is 0. The lowest BCUT2D eigenvalue weighted by Gasteiger charge is -2.09. The van der Waals surface area contributed by atoms with Crippen LogP contribution in [0.1, 0.15) is 12.5 Å². The highest BCUT2D eigenvalue weighted by Gasteiger charge is 2.09. The van der Waals surface area contributed by atoms with Crippen molar-refractivity contribution in [1.82, 2.24) is 0 Å². The number of ether oxygens (including phenoxy) is 1. The van der Waals surface area contributed by atoms with E-state index in [9.17, 15) is 10.1 Å². The van der Waals surface area contributed by atoms with Crippen molar-refractivity contribution in [2.45, 2.75) is 13.5 Å². The van der Waals surface area contributed by atoms with Gasteiger partial charge < -0.3 is 10.1 Å². The molecule has 0 bridgehead atoms. The fourth-order valence-electron chi connectivity index (χ4n) is 1.33. The Morgan fingerprint density at radius 2 is 2.27 bits per heavy atom. The second kappa shape index (κ2) is 5.31. The summed E-state index contributed by atoms with van der Waals surface area (Å²) in [5.74, 6) is 0. The van der Waals surface area contributed by atoms with Gasteiger partial charge in [-0.15, -0.1) is 0 Å². The lowest BCUT2D eigenvalue weighted by Crippen LogP contribution is -2.02. The molecule has 5 nitrogen and oxygen atoms in total. The molecule has 0 aliphatic rings. The van der Waals surface area contributed by atoms with Gasteiger partial charge in [-0.05, 0) is 13.0 Å².